The second-order valence-electron chi connectivity index (χ2n) is 4.44. The monoisotopic (exact) mass is 314 g/mol. The van der Waals surface area contributed by atoms with E-state index in [1.807, 2.05) is 42.5 Å². The summed E-state index contributed by atoms with van der Waals surface area (Å²) in [7, 11) is 0. The van der Waals surface area contributed by atoms with Gasteiger partial charge >= 0.3 is 0 Å². The fourth-order valence-corrected chi connectivity index (χ4v) is 3.68. The summed E-state index contributed by atoms with van der Waals surface area (Å²) in [6.07, 6.45) is 3.55. The molecule has 0 saturated heterocycles. The number of pyridine rings is 1. The van der Waals surface area contributed by atoms with E-state index in [1.165, 1.54) is 16.2 Å². The molecule has 2 heterocycles. The van der Waals surface area contributed by atoms with Gasteiger partial charge in [-0.15, -0.1) is 23.1 Å². The maximum atomic E-state index is 12.1. The highest BCUT2D eigenvalue weighted by Crippen LogP contribution is 2.25. The van der Waals surface area contributed by atoms with Gasteiger partial charge in [0.1, 0.15) is 0 Å². The normalized spacial score (nSPS) is 10.7. The van der Waals surface area contributed by atoms with Crippen LogP contribution in [0.15, 0.2) is 59.8 Å². The summed E-state index contributed by atoms with van der Waals surface area (Å²) in [6, 6.07) is 13.9. The molecule has 0 spiro atoms. The number of aromatic nitrogens is 1. The fourth-order valence-electron chi connectivity index (χ4n) is 1.95. The number of thioether (sulfide) groups is 1. The van der Waals surface area contributed by atoms with Gasteiger partial charge in [-0.2, -0.15) is 0 Å². The van der Waals surface area contributed by atoms with Crippen LogP contribution in [0.25, 0.3) is 10.1 Å². The molecule has 106 valence electrons. The predicted octanol–water partition coefficient (Wildman–Crippen LogP) is 3.82. The molecule has 5 heteroatoms. The molecular weight excluding hydrogens is 300 g/mol. The van der Waals surface area contributed by atoms with Crippen LogP contribution >= 0.6 is 23.1 Å². The van der Waals surface area contributed by atoms with Crippen molar-refractivity contribution in [3.8, 4) is 0 Å². The molecule has 2 aromatic heterocycles. The fraction of sp³-hybridized carbons (Fsp3) is 0.125. The van der Waals surface area contributed by atoms with E-state index < -0.39 is 0 Å². The van der Waals surface area contributed by atoms with Gasteiger partial charge in [0, 0.05) is 34.3 Å². The van der Waals surface area contributed by atoms with E-state index in [4.69, 9.17) is 0 Å². The topological polar surface area (TPSA) is 42.0 Å². The van der Waals surface area contributed by atoms with E-state index >= 15 is 0 Å². The van der Waals surface area contributed by atoms with Gasteiger partial charge in [0.15, 0.2) is 0 Å². The van der Waals surface area contributed by atoms with Crippen LogP contribution in [0.3, 0.4) is 0 Å². The number of nitrogens with one attached hydrogen (secondary N) is 1. The third-order valence-corrected chi connectivity index (χ3v) is 5.08. The Kier molecular flexibility index (Phi) is 4.52. The van der Waals surface area contributed by atoms with Gasteiger partial charge in [0.25, 0.3) is 5.91 Å². The predicted molar refractivity (Wildman–Crippen MR) is 89.1 cm³/mol. The summed E-state index contributed by atoms with van der Waals surface area (Å²) >= 11 is 3.24. The summed E-state index contributed by atoms with van der Waals surface area (Å²) in [5.41, 5.74) is 0. The molecule has 3 rings (SSSR count). The lowest BCUT2D eigenvalue weighted by molar-refractivity contribution is 0.0960. The van der Waals surface area contributed by atoms with E-state index in [0.717, 1.165) is 20.7 Å². The number of nitrogens with zero attached hydrogens (tertiary/aromatic N) is 1. The van der Waals surface area contributed by atoms with Gasteiger partial charge in [-0.1, -0.05) is 18.2 Å². The van der Waals surface area contributed by atoms with Crippen molar-refractivity contribution in [1.29, 1.82) is 0 Å². The van der Waals surface area contributed by atoms with Crippen LogP contribution in [0.4, 0.5) is 0 Å². The van der Waals surface area contributed by atoms with Gasteiger partial charge in [-0.3, -0.25) is 9.78 Å². The highest BCUT2D eigenvalue weighted by molar-refractivity contribution is 7.99. The molecular formula is C16H14N2OS2. The number of thiophene rings is 1. The van der Waals surface area contributed by atoms with E-state index in [2.05, 4.69) is 10.3 Å². The lowest BCUT2D eigenvalue weighted by Gasteiger charge is -2.03. The van der Waals surface area contributed by atoms with E-state index in [1.54, 1.807) is 24.2 Å². The molecule has 0 radical (unpaired) electrons. The molecule has 0 aliphatic rings. The largest absolute Gasteiger partial charge is 0.350 e. The minimum absolute atomic E-state index is 0.00604. The van der Waals surface area contributed by atoms with Crippen molar-refractivity contribution in [1.82, 2.24) is 10.3 Å². The Morgan fingerprint density at radius 3 is 2.81 bits per heavy atom. The zero-order valence-corrected chi connectivity index (χ0v) is 12.9. The lowest BCUT2D eigenvalue weighted by atomic mass is 10.2. The summed E-state index contributed by atoms with van der Waals surface area (Å²) in [5, 5.41) is 4.09. The van der Waals surface area contributed by atoms with Gasteiger partial charge in [-0.25, -0.2) is 0 Å². The lowest BCUT2D eigenvalue weighted by Crippen LogP contribution is -2.24. The second-order valence-corrected chi connectivity index (χ2v) is 6.69. The zero-order valence-electron chi connectivity index (χ0n) is 11.3. The summed E-state index contributed by atoms with van der Waals surface area (Å²) in [5.74, 6) is 0.854. The Hall–Kier alpha value is -1.85. The molecule has 0 aliphatic heterocycles. The van der Waals surface area contributed by atoms with E-state index in [9.17, 15) is 4.79 Å². The van der Waals surface area contributed by atoms with Crippen LogP contribution in [-0.2, 0) is 0 Å². The van der Waals surface area contributed by atoms with Crippen LogP contribution in [-0.4, -0.2) is 23.2 Å². The minimum atomic E-state index is 0.00604. The van der Waals surface area contributed by atoms with Crippen molar-refractivity contribution in [2.45, 2.75) is 4.90 Å². The average molecular weight is 314 g/mol. The van der Waals surface area contributed by atoms with Crippen molar-refractivity contribution in [3.63, 3.8) is 0 Å². The number of rotatable bonds is 5. The SMILES string of the molecule is O=C(NCCSc1ccncc1)c1cc2ccccc2s1. The molecule has 0 fully saturated rings. The molecule has 3 nitrogen and oxygen atoms in total. The standard InChI is InChI=1S/C16H14N2OS2/c19-16(15-11-12-3-1-2-4-14(12)21-15)18-9-10-20-13-5-7-17-8-6-13/h1-8,11H,9-10H2,(H,18,19). The van der Waals surface area contributed by atoms with Crippen LogP contribution < -0.4 is 5.32 Å². The molecule has 0 bridgehead atoms. The summed E-state index contributed by atoms with van der Waals surface area (Å²) < 4.78 is 1.15. The van der Waals surface area contributed by atoms with Crippen LogP contribution in [0.2, 0.25) is 0 Å². The third-order valence-electron chi connectivity index (χ3n) is 2.96. The Bertz CT molecular complexity index is 707. The number of benzene rings is 1. The number of carbonyl (C=O) groups excluding carboxylic acids is 1. The highest BCUT2D eigenvalue weighted by Gasteiger charge is 2.09. The van der Waals surface area contributed by atoms with E-state index in [0.29, 0.717) is 6.54 Å². The molecule has 3 aromatic rings. The number of hydrogen-bond acceptors (Lipinski definition) is 4. The Labute approximate surface area is 131 Å². The van der Waals surface area contributed by atoms with Crippen molar-refractivity contribution >= 4 is 39.1 Å². The van der Waals surface area contributed by atoms with Gasteiger partial charge in [0.05, 0.1) is 4.88 Å². The first-order chi connectivity index (χ1) is 10.3. The first kappa shape index (κ1) is 14.1. The first-order valence-corrected chi connectivity index (χ1v) is 8.43. The Balaban J connectivity index is 1.52. The van der Waals surface area contributed by atoms with E-state index in [-0.39, 0.29) is 5.91 Å². The quantitative estimate of drug-likeness (QED) is 0.575. The molecule has 1 aromatic carbocycles. The second kappa shape index (κ2) is 6.74. The average Bonchev–Trinajstić information content (AvgIpc) is 2.96. The first-order valence-electron chi connectivity index (χ1n) is 6.62. The number of carbonyl (C=O) groups is 1. The third kappa shape index (κ3) is 3.62. The molecule has 0 aliphatic carbocycles. The Morgan fingerprint density at radius 2 is 2.00 bits per heavy atom. The minimum Gasteiger partial charge on any atom is -0.350 e. The smallest absolute Gasteiger partial charge is 0.261 e. The maximum absolute atomic E-state index is 12.1. The zero-order chi connectivity index (χ0) is 14.5. The Morgan fingerprint density at radius 1 is 1.19 bits per heavy atom. The van der Waals surface area contributed by atoms with Crippen LogP contribution in [0, 0.1) is 0 Å². The molecule has 21 heavy (non-hydrogen) atoms. The summed E-state index contributed by atoms with van der Waals surface area (Å²) in [4.78, 5) is 18.0. The van der Waals surface area contributed by atoms with Crippen molar-refractivity contribution < 1.29 is 4.79 Å². The van der Waals surface area contributed by atoms with Gasteiger partial charge < -0.3 is 5.32 Å². The number of amides is 1. The van der Waals surface area contributed by atoms with Gasteiger partial charge in [0.2, 0.25) is 0 Å². The molecule has 0 atom stereocenters. The molecule has 1 N–H and O–H groups in total. The number of fused-ring (bicyclic) bond motifs is 1. The van der Waals surface area contributed by atoms with Crippen molar-refractivity contribution in [2.24, 2.45) is 0 Å². The summed E-state index contributed by atoms with van der Waals surface area (Å²) in [6.45, 7) is 0.653. The molecule has 0 unspecified atom stereocenters. The van der Waals surface area contributed by atoms with Crippen LogP contribution in [0.5, 0.6) is 0 Å². The maximum Gasteiger partial charge on any atom is 0.261 e. The van der Waals surface area contributed by atoms with Crippen LogP contribution in [0.1, 0.15) is 9.67 Å². The number of hydrogen-bond donors (Lipinski definition) is 1. The highest BCUT2D eigenvalue weighted by atomic mass is 32.2. The van der Waals surface area contributed by atoms with Crippen molar-refractivity contribution in [2.75, 3.05) is 12.3 Å². The van der Waals surface area contributed by atoms with Crippen molar-refractivity contribution in [3.05, 3.63) is 59.7 Å². The van der Waals surface area contributed by atoms with Gasteiger partial charge in [-0.05, 0) is 29.7 Å². The molecule has 1 amide bonds. The molecule has 0 saturated carbocycles.